The lowest BCUT2D eigenvalue weighted by molar-refractivity contribution is 0.277. The van der Waals surface area contributed by atoms with Gasteiger partial charge < -0.3 is 14.5 Å². The predicted octanol–water partition coefficient (Wildman–Crippen LogP) is -0.377. The molecular formula is C2H9O4P. The Morgan fingerprint density at radius 2 is 1.43 bits per heavy atom. The molecular weight excluding hydrogens is 119 g/mol. The molecule has 0 bridgehead atoms. The third kappa shape index (κ3) is 8530. The van der Waals surface area contributed by atoms with Gasteiger partial charge in [0, 0.05) is 14.2 Å². The standard InChI is InChI=1S/C2H6O.H3O3P/c1-3-2;1-4(2)3/h1-2H3;4H,(H2,1,2,3). The second-order valence-electron chi connectivity index (χ2n) is 0.691. The molecule has 0 aliphatic heterocycles. The number of hydrogen-bond donors (Lipinski definition) is 2. The van der Waals surface area contributed by atoms with Gasteiger partial charge in [-0.15, -0.1) is 0 Å². The van der Waals surface area contributed by atoms with Crippen LogP contribution in [0.3, 0.4) is 0 Å². The minimum absolute atomic E-state index is 1.62. The van der Waals surface area contributed by atoms with Gasteiger partial charge in [-0.2, -0.15) is 0 Å². The Hall–Kier alpha value is 0.110. The van der Waals surface area contributed by atoms with Crippen molar-refractivity contribution in [1.29, 1.82) is 0 Å². The average Bonchev–Trinajstić information content (AvgIpc) is 1.33. The molecule has 7 heavy (non-hydrogen) atoms. The Labute approximate surface area is 42.7 Å². The summed E-state index contributed by atoms with van der Waals surface area (Å²) in [5, 5.41) is 0. The van der Waals surface area contributed by atoms with Crippen LogP contribution in [0, 0.1) is 0 Å². The van der Waals surface area contributed by atoms with Crippen molar-refractivity contribution in [3.63, 3.8) is 0 Å². The van der Waals surface area contributed by atoms with E-state index in [-0.39, 0.29) is 0 Å². The van der Waals surface area contributed by atoms with Crippen molar-refractivity contribution in [2.45, 2.75) is 0 Å². The quantitative estimate of drug-likeness (QED) is 0.436. The van der Waals surface area contributed by atoms with Gasteiger partial charge in [0.15, 0.2) is 0 Å². The second-order valence-corrected chi connectivity index (χ2v) is 1.26. The van der Waals surface area contributed by atoms with Crippen molar-refractivity contribution in [3.05, 3.63) is 0 Å². The molecule has 0 saturated heterocycles. The van der Waals surface area contributed by atoms with E-state index in [0.29, 0.717) is 0 Å². The van der Waals surface area contributed by atoms with E-state index in [9.17, 15) is 0 Å². The van der Waals surface area contributed by atoms with Gasteiger partial charge in [0.05, 0.1) is 0 Å². The molecule has 0 aliphatic rings. The summed E-state index contributed by atoms with van der Waals surface area (Å²) in [6, 6.07) is 0. The maximum atomic E-state index is 8.74. The molecule has 0 amide bonds. The van der Waals surface area contributed by atoms with E-state index >= 15 is 0 Å². The summed E-state index contributed by atoms with van der Waals surface area (Å²) in [6.07, 6.45) is 0. The first-order chi connectivity index (χ1) is 3.15. The second kappa shape index (κ2) is 9.44. The number of ether oxygens (including phenoxy) is 1. The summed E-state index contributed by atoms with van der Waals surface area (Å²) < 4.78 is 13.0. The van der Waals surface area contributed by atoms with Gasteiger partial charge in [-0.05, 0) is 0 Å². The minimum atomic E-state index is -3.13. The zero-order chi connectivity index (χ0) is 6.28. The molecule has 0 unspecified atom stereocenters. The summed E-state index contributed by atoms with van der Waals surface area (Å²) in [6.45, 7) is 0. The van der Waals surface area contributed by atoms with Crippen molar-refractivity contribution in [1.82, 2.24) is 0 Å². The van der Waals surface area contributed by atoms with Gasteiger partial charge in [0.25, 0.3) is 0 Å². The molecule has 0 radical (unpaired) electrons. The maximum absolute atomic E-state index is 8.74. The fraction of sp³-hybridized carbons (Fsp3) is 1.00. The molecule has 0 aromatic heterocycles. The van der Waals surface area contributed by atoms with E-state index in [1.54, 1.807) is 14.2 Å². The van der Waals surface area contributed by atoms with Gasteiger partial charge in [-0.1, -0.05) is 0 Å². The average molecular weight is 128 g/mol. The summed E-state index contributed by atoms with van der Waals surface area (Å²) in [7, 11) is 0.120. The monoisotopic (exact) mass is 128 g/mol. The third-order valence-corrected chi connectivity index (χ3v) is 0. The Morgan fingerprint density at radius 1 is 1.43 bits per heavy atom. The third-order valence-electron chi connectivity index (χ3n) is 0. The van der Waals surface area contributed by atoms with Crippen molar-refractivity contribution in [3.8, 4) is 0 Å². The van der Waals surface area contributed by atoms with Gasteiger partial charge in [0.2, 0.25) is 0 Å². The molecule has 0 saturated carbocycles. The van der Waals surface area contributed by atoms with Crippen LogP contribution in [-0.4, -0.2) is 24.0 Å². The van der Waals surface area contributed by atoms with Crippen LogP contribution in [0.1, 0.15) is 0 Å². The van der Waals surface area contributed by atoms with E-state index in [1.807, 2.05) is 0 Å². The Balaban J connectivity index is 0. The lowest BCUT2D eigenvalue weighted by Gasteiger charge is -1.61. The zero-order valence-corrected chi connectivity index (χ0v) is 5.21. The molecule has 0 aliphatic carbocycles. The lowest BCUT2D eigenvalue weighted by atomic mass is 11.6. The number of hydrogen-bond acceptors (Lipinski definition) is 2. The molecule has 0 aromatic rings. The highest BCUT2D eigenvalue weighted by molar-refractivity contribution is 7.30. The lowest BCUT2D eigenvalue weighted by Crippen LogP contribution is -1.55. The Morgan fingerprint density at radius 3 is 1.43 bits per heavy atom. The molecule has 0 aromatic carbocycles. The van der Waals surface area contributed by atoms with Crippen molar-refractivity contribution in [2.24, 2.45) is 0 Å². The maximum Gasteiger partial charge on any atom is 0.314 e. The molecule has 0 spiro atoms. The van der Waals surface area contributed by atoms with Crippen LogP contribution in [0.25, 0.3) is 0 Å². The summed E-state index contributed by atoms with van der Waals surface area (Å²) >= 11 is 0. The molecule has 5 heteroatoms. The van der Waals surface area contributed by atoms with Crippen LogP contribution in [-0.2, 0) is 9.30 Å². The summed E-state index contributed by atoms with van der Waals surface area (Å²) in [5.41, 5.74) is 0. The number of methoxy groups -OCH3 is 1. The first-order valence-electron chi connectivity index (χ1n) is 1.47. The van der Waals surface area contributed by atoms with Crippen molar-refractivity contribution >= 4 is 8.25 Å². The topological polar surface area (TPSA) is 66.8 Å². The van der Waals surface area contributed by atoms with E-state index in [2.05, 4.69) is 4.74 Å². The fourth-order valence-electron chi connectivity index (χ4n) is 0. The van der Waals surface area contributed by atoms with Crippen LogP contribution in [0.15, 0.2) is 0 Å². The first-order valence-corrected chi connectivity index (χ1v) is 2.77. The van der Waals surface area contributed by atoms with Crippen LogP contribution >= 0.6 is 8.25 Å². The predicted molar refractivity (Wildman–Crippen MR) is 26.4 cm³/mol. The highest BCUT2D eigenvalue weighted by Crippen LogP contribution is 1.98. The molecule has 0 fully saturated rings. The molecule has 4 nitrogen and oxygen atoms in total. The van der Waals surface area contributed by atoms with E-state index in [1.165, 1.54) is 0 Å². The van der Waals surface area contributed by atoms with E-state index in [4.69, 9.17) is 14.4 Å². The Bertz CT molecular complexity index is 41.0. The normalized spacial score (nSPS) is 7.57. The molecule has 0 atom stereocenters. The SMILES string of the molecule is COC.O=[PH](O)O. The Kier molecular flexibility index (Phi) is 13.7. The van der Waals surface area contributed by atoms with Crippen LogP contribution in [0.4, 0.5) is 0 Å². The van der Waals surface area contributed by atoms with Gasteiger partial charge in [-0.25, -0.2) is 0 Å². The first kappa shape index (κ1) is 10.2. The smallest absolute Gasteiger partial charge is 0.314 e. The van der Waals surface area contributed by atoms with E-state index < -0.39 is 8.25 Å². The van der Waals surface area contributed by atoms with Crippen LogP contribution < -0.4 is 0 Å². The van der Waals surface area contributed by atoms with Crippen molar-refractivity contribution < 1.29 is 19.1 Å². The minimum Gasteiger partial charge on any atom is -0.388 e. The van der Waals surface area contributed by atoms with E-state index in [0.717, 1.165) is 0 Å². The summed E-state index contributed by atoms with van der Waals surface area (Å²) in [5.74, 6) is 0. The molecule has 0 rings (SSSR count). The highest BCUT2D eigenvalue weighted by atomic mass is 31.1. The molecule has 46 valence electrons. The summed E-state index contributed by atoms with van der Waals surface area (Å²) in [4.78, 5) is 14.3. The van der Waals surface area contributed by atoms with Gasteiger partial charge in [-0.3, -0.25) is 4.57 Å². The number of rotatable bonds is 0. The highest BCUT2D eigenvalue weighted by Gasteiger charge is 1.61. The molecule has 2 N–H and O–H groups in total. The van der Waals surface area contributed by atoms with Crippen molar-refractivity contribution in [2.75, 3.05) is 14.2 Å². The van der Waals surface area contributed by atoms with Gasteiger partial charge in [0.1, 0.15) is 0 Å². The molecule has 0 heterocycles. The fourth-order valence-corrected chi connectivity index (χ4v) is 0. The zero-order valence-electron chi connectivity index (χ0n) is 4.21. The van der Waals surface area contributed by atoms with Crippen LogP contribution in [0.5, 0.6) is 0 Å². The largest absolute Gasteiger partial charge is 0.388 e. The van der Waals surface area contributed by atoms with Crippen LogP contribution in [0.2, 0.25) is 0 Å². The van der Waals surface area contributed by atoms with Gasteiger partial charge >= 0.3 is 8.25 Å².